The van der Waals surface area contributed by atoms with Crippen molar-refractivity contribution in [1.82, 2.24) is 0 Å². The van der Waals surface area contributed by atoms with Gasteiger partial charge in [-0.3, -0.25) is 0 Å². The molecular weight excluding hydrogens is 536 g/mol. The number of hydrogen-bond acceptors (Lipinski definition) is 0. The van der Waals surface area contributed by atoms with E-state index in [9.17, 15) is 0 Å². The second-order valence-corrected chi connectivity index (χ2v) is 17.8. The van der Waals surface area contributed by atoms with Gasteiger partial charge in [-0.25, -0.2) is 0 Å². The zero-order chi connectivity index (χ0) is 10.7. The Balaban J connectivity index is 0.00000128. The van der Waals surface area contributed by atoms with Crippen molar-refractivity contribution >= 4 is 35.6 Å². The quantitative estimate of drug-likeness (QED) is 0.277. The van der Waals surface area contributed by atoms with Crippen molar-refractivity contribution in [2.75, 3.05) is 0 Å². The molecule has 4 heteroatoms. The summed E-state index contributed by atoms with van der Waals surface area (Å²) < 4.78 is -0.968. The van der Waals surface area contributed by atoms with Gasteiger partial charge in [0.15, 0.2) is 35.6 Å². The standard InChI is InChI=1S/C12H22Br2P.Hg/c13-15(14,11-7-3-1-4-8-11)12-9-5-2-6-10-12;/h11-12H,1-10H2;/q+1;. The van der Waals surface area contributed by atoms with Crippen LogP contribution >= 0.6 is 35.6 Å². The normalized spacial score (nSPS) is 25.1. The molecule has 2 rings (SSSR count). The fourth-order valence-electron chi connectivity index (χ4n) is 3.15. The first-order valence-corrected chi connectivity index (χ1v) is 12.5. The van der Waals surface area contributed by atoms with Crippen molar-refractivity contribution < 1.29 is 27.7 Å². The minimum Gasteiger partial charge on any atom is -0.0530 e. The van der Waals surface area contributed by atoms with Gasteiger partial charge in [0, 0.05) is 27.7 Å². The topological polar surface area (TPSA) is 0 Å². The minimum atomic E-state index is -0.968. The van der Waals surface area contributed by atoms with E-state index in [0.717, 1.165) is 11.3 Å². The molecule has 0 unspecified atom stereocenters. The molecule has 16 heavy (non-hydrogen) atoms. The minimum absolute atomic E-state index is 0. The summed E-state index contributed by atoms with van der Waals surface area (Å²) >= 11 is 8.27. The van der Waals surface area contributed by atoms with Crippen molar-refractivity contribution in [1.29, 1.82) is 0 Å². The van der Waals surface area contributed by atoms with E-state index in [2.05, 4.69) is 31.0 Å². The molecule has 2 fully saturated rings. The van der Waals surface area contributed by atoms with Gasteiger partial charge >= 0.3 is 0 Å². The van der Waals surface area contributed by atoms with Crippen LogP contribution in [0.4, 0.5) is 0 Å². The molecule has 90 valence electrons. The number of hydrogen-bond donors (Lipinski definition) is 0. The van der Waals surface area contributed by atoms with E-state index < -0.39 is 4.67 Å². The molecule has 2 aliphatic rings. The van der Waals surface area contributed by atoms with Gasteiger partial charge in [0.05, 0.1) is 11.3 Å². The third-order valence-corrected chi connectivity index (χ3v) is 14.1. The maximum atomic E-state index is 4.13. The Bertz CT molecular complexity index is 179. The molecular formula is C12H22Br2HgP+. The molecule has 0 aliphatic heterocycles. The van der Waals surface area contributed by atoms with Crippen LogP contribution in [-0.4, -0.2) is 11.3 Å². The third-order valence-electron chi connectivity index (χ3n) is 4.12. The van der Waals surface area contributed by atoms with E-state index in [1.54, 1.807) is 0 Å². The number of halogens is 2. The average molecular weight is 558 g/mol. The van der Waals surface area contributed by atoms with Crippen molar-refractivity contribution in [2.24, 2.45) is 0 Å². The molecule has 0 atom stereocenters. The first-order chi connectivity index (χ1) is 7.21. The van der Waals surface area contributed by atoms with Crippen molar-refractivity contribution in [3.8, 4) is 0 Å². The second kappa shape index (κ2) is 7.80. The van der Waals surface area contributed by atoms with Gasteiger partial charge in [-0.2, -0.15) is 0 Å². The summed E-state index contributed by atoms with van der Waals surface area (Å²) in [5.41, 5.74) is 1.96. The fraction of sp³-hybridized carbons (Fsp3) is 1.00. The Labute approximate surface area is 137 Å². The van der Waals surface area contributed by atoms with E-state index in [4.69, 9.17) is 0 Å². The molecule has 0 amide bonds. The van der Waals surface area contributed by atoms with Crippen LogP contribution in [0.3, 0.4) is 0 Å². The molecule has 0 heterocycles. The largest absolute Gasteiger partial charge is 0.159 e. The molecule has 0 aromatic rings. The van der Waals surface area contributed by atoms with Crippen LogP contribution in [0, 0.1) is 0 Å². The summed E-state index contributed by atoms with van der Waals surface area (Å²) in [6.07, 6.45) is 14.7. The zero-order valence-corrected chi connectivity index (χ0v) is 19.7. The van der Waals surface area contributed by atoms with Crippen LogP contribution in [0.25, 0.3) is 0 Å². The van der Waals surface area contributed by atoms with E-state index in [-0.39, 0.29) is 27.7 Å². The Morgan fingerprint density at radius 1 is 0.625 bits per heavy atom. The average Bonchev–Trinajstić information content (AvgIpc) is 2.31. The van der Waals surface area contributed by atoms with Crippen LogP contribution in [0.1, 0.15) is 64.2 Å². The van der Waals surface area contributed by atoms with Gasteiger partial charge in [-0.05, 0) is 51.4 Å². The van der Waals surface area contributed by atoms with Crippen LogP contribution in [0.2, 0.25) is 0 Å². The van der Waals surface area contributed by atoms with Crippen LogP contribution in [0.5, 0.6) is 0 Å². The first kappa shape index (κ1) is 16.4. The summed E-state index contributed by atoms with van der Waals surface area (Å²) in [4.78, 5) is 0. The predicted octanol–water partition coefficient (Wildman–Crippen LogP) is 6.29. The molecule has 0 N–H and O–H groups in total. The Kier molecular flexibility index (Phi) is 7.99. The van der Waals surface area contributed by atoms with Gasteiger partial charge in [0.2, 0.25) is 0 Å². The summed E-state index contributed by atoms with van der Waals surface area (Å²) in [5, 5.41) is 0. The number of rotatable bonds is 2. The van der Waals surface area contributed by atoms with Crippen molar-refractivity contribution in [3.05, 3.63) is 0 Å². The van der Waals surface area contributed by atoms with E-state index in [0.29, 0.717) is 0 Å². The Morgan fingerprint density at radius 3 is 1.25 bits per heavy atom. The summed E-state index contributed by atoms with van der Waals surface area (Å²) in [6, 6.07) is 0. The molecule has 2 aliphatic carbocycles. The van der Waals surface area contributed by atoms with Gasteiger partial charge in [0.1, 0.15) is 0 Å². The molecule has 0 radical (unpaired) electrons. The molecule has 0 aromatic heterocycles. The Morgan fingerprint density at radius 2 is 0.938 bits per heavy atom. The SMILES string of the molecule is Br[P+](Br)(C1CCCCC1)C1CCCCC1.[Hg]. The Hall–Kier alpha value is 2.33. The van der Waals surface area contributed by atoms with Gasteiger partial charge in [-0.15, -0.1) is 0 Å². The smallest absolute Gasteiger partial charge is 0.0530 e. The van der Waals surface area contributed by atoms with Crippen LogP contribution in [-0.2, 0) is 27.7 Å². The molecule has 0 aromatic carbocycles. The summed E-state index contributed by atoms with van der Waals surface area (Å²) in [7, 11) is 0. The molecule has 0 nitrogen and oxygen atoms in total. The first-order valence-electron chi connectivity index (χ1n) is 6.49. The zero-order valence-electron chi connectivity index (χ0n) is 10.1. The molecule has 0 spiro atoms. The molecule has 0 bridgehead atoms. The maximum absolute atomic E-state index is 4.13. The van der Waals surface area contributed by atoms with E-state index in [1.165, 1.54) is 64.2 Å². The second-order valence-electron chi connectivity index (χ2n) is 5.19. The monoisotopic (exact) mass is 557 g/mol. The van der Waals surface area contributed by atoms with Crippen LogP contribution in [0.15, 0.2) is 0 Å². The van der Waals surface area contributed by atoms with Gasteiger partial charge in [0.25, 0.3) is 0 Å². The summed E-state index contributed by atoms with van der Waals surface area (Å²) in [5.74, 6) is 0. The van der Waals surface area contributed by atoms with Crippen molar-refractivity contribution in [2.45, 2.75) is 75.5 Å². The van der Waals surface area contributed by atoms with Gasteiger partial charge < -0.3 is 0 Å². The third kappa shape index (κ3) is 4.17. The van der Waals surface area contributed by atoms with E-state index >= 15 is 0 Å². The fourth-order valence-corrected chi connectivity index (χ4v) is 10.8. The van der Waals surface area contributed by atoms with Crippen LogP contribution < -0.4 is 0 Å². The summed E-state index contributed by atoms with van der Waals surface area (Å²) in [6.45, 7) is 0. The van der Waals surface area contributed by atoms with E-state index in [1.807, 2.05) is 0 Å². The molecule has 2 saturated carbocycles. The maximum Gasteiger partial charge on any atom is 0.159 e. The predicted molar refractivity (Wildman–Crippen MR) is 78.5 cm³/mol. The van der Waals surface area contributed by atoms with Crippen molar-refractivity contribution in [3.63, 3.8) is 0 Å². The van der Waals surface area contributed by atoms with Gasteiger partial charge in [-0.1, -0.05) is 12.8 Å². The molecule has 0 saturated heterocycles.